The van der Waals surface area contributed by atoms with Crippen LogP contribution in [-0.2, 0) is 0 Å². The van der Waals surface area contributed by atoms with Crippen LogP contribution in [-0.4, -0.2) is 61.0 Å². The summed E-state index contributed by atoms with van der Waals surface area (Å²) in [5.41, 5.74) is 10.1. The van der Waals surface area contributed by atoms with E-state index in [4.69, 9.17) is 42.6 Å². The first-order valence-corrected chi connectivity index (χ1v) is 39.6. The molecule has 0 aromatic heterocycles. The zero-order valence-corrected chi connectivity index (χ0v) is 65.0. The van der Waals surface area contributed by atoms with E-state index in [0.717, 1.165) is 192 Å². The lowest BCUT2D eigenvalue weighted by molar-refractivity contribution is 0.300. The van der Waals surface area contributed by atoms with Gasteiger partial charge in [0.2, 0.25) is 0 Å². The minimum atomic E-state index is 0.563. The van der Waals surface area contributed by atoms with E-state index in [1.807, 2.05) is 200 Å². The van der Waals surface area contributed by atoms with Crippen molar-refractivity contribution in [2.45, 2.75) is 154 Å². The van der Waals surface area contributed by atoms with Crippen molar-refractivity contribution in [2.24, 2.45) is 30.7 Å². The third-order valence-electron chi connectivity index (χ3n) is 18.7. The lowest BCUT2D eigenvalue weighted by Crippen LogP contribution is -2.01. The maximum absolute atomic E-state index is 6.77. The Hall–Kier alpha value is -11.1. The Kier molecular flexibility index (Phi) is 37.6. The van der Waals surface area contributed by atoms with Gasteiger partial charge in [-0.2, -0.15) is 30.7 Å². The van der Waals surface area contributed by atoms with Crippen LogP contribution < -0.4 is 42.6 Å². The summed E-state index contributed by atoms with van der Waals surface area (Å²) in [5.74, 6) is 6.94. The highest BCUT2D eigenvalue weighted by Crippen LogP contribution is 2.38. The number of hydrogen-bond donors (Lipinski definition) is 0. The van der Waals surface area contributed by atoms with Crippen molar-refractivity contribution < 1.29 is 42.6 Å². The Labute approximate surface area is 653 Å². The van der Waals surface area contributed by atoms with Crippen molar-refractivity contribution in [1.82, 2.24) is 0 Å². The molecule has 576 valence electrons. The molecule has 0 N–H and O–H groups in total. The molecule has 0 saturated heterocycles. The minimum absolute atomic E-state index is 0.563. The van der Waals surface area contributed by atoms with Crippen LogP contribution in [0, 0.1) is 0 Å². The van der Waals surface area contributed by atoms with Gasteiger partial charge in [0.1, 0.15) is 51.7 Å². The fraction of sp³-hybridized carbons (Fsp3) is 0.347. The summed E-state index contributed by atoms with van der Waals surface area (Å²) in [6, 6.07) is 64.8. The van der Waals surface area contributed by atoms with E-state index in [-0.39, 0.29) is 0 Å². The molecule has 0 aliphatic carbocycles. The zero-order chi connectivity index (χ0) is 76.5. The molecule has 0 spiro atoms. The van der Waals surface area contributed by atoms with Crippen LogP contribution >= 0.6 is 0 Å². The van der Waals surface area contributed by atoms with Gasteiger partial charge in [-0.05, 0) is 184 Å². The molecule has 9 aromatic carbocycles. The van der Waals surface area contributed by atoms with E-state index in [2.05, 4.69) is 74.2 Å². The molecule has 15 nitrogen and oxygen atoms in total. The Bertz CT molecular complexity index is 4260. The second-order valence-corrected chi connectivity index (χ2v) is 27.1. The molecule has 110 heavy (non-hydrogen) atoms. The second-order valence-electron chi connectivity index (χ2n) is 27.1. The Morgan fingerprint density at radius 1 is 0.218 bits per heavy atom. The fourth-order valence-electron chi connectivity index (χ4n) is 12.4. The quantitative estimate of drug-likeness (QED) is 0.0206. The van der Waals surface area contributed by atoms with E-state index in [0.29, 0.717) is 56.9 Å². The average molecular weight is 1480 g/mol. The zero-order valence-electron chi connectivity index (χ0n) is 65.0. The van der Waals surface area contributed by atoms with Gasteiger partial charge < -0.3 is 42.6 Å². The molecule has 9 rings (SSSR count). The largest absolute Gasteiger partial charge is 0.496 e. The molecule has 0 saturated carbocycles. The normalized spacial score (nSPS) is 11.5. The van der Waals surface area contributed by atoms with Gasteiger partial charge in [0.25, 0.3) is 0 Å². The fourth-order valence-corrected chi connectivity index (χ4v) is 12.4. The molecule has 0 fully saturated rings. The van der Waals surface area contributed by atoms with Crippen molar-refractivity contribution in [2.75, 3.05) is 61.0 Å². The summed E-state index contributed by atoms with van der Waals surface area (Å²) in [5, 5.41) is 25.9. The van der Waals surface area contributed by atoms with E-state index < -0.39 is 0 Å². The van der Waals surface area contributed by atoms with Crippen LogP contribution in [0.25, 0.3) is 36.5 Å². The highest BCUT2D eigenvalue weighted by atomic mass is 16.5. The highest BCUT2D eigenvalue weighted by molar-refractivity contribution is 5.82. The van der Waals surface area contributed by atoms with E-state index in [1.165, 1.54) is 64.2 Å². The summed E-state index contributed by atoms with van der Waals surface area (Å²) in [7, 11) is 5.08. The SMILES string of the molecule is C=Cc1cc(OCCCCCCCCCCOc2ccc(N=Nc3ccccc3)cc2)c(/C=C/c2cc(OCCCCCCCCCCOc3ccc(N=Nc4ccccc4)cc3)c(/C=C/c3cc(OCCCCCCCCCCOc4ccc(N=Nc5ccccc5)cc4)c(C=C)cc3OC)cc2OC)cc1OC. The monoisotopic (exact) mass is 1480 g/mol. The first kappa shape index (κ1) is 83.0. The highest BCUT2D eigenvalue weighted by Gasteiger charge is 2.15. The Morgan fingerprint density at radius 2 is 0.409 bits per heavy atom. The molecule has 0 heterocycles. The number of nitrogens with zero attached hydrogens (tertiary/aromatic N) is 6. The van der Waals surface area contributed by atoms with Crippen LogP contribution in [0.5, 0.6) is 51.7 Å². The van der Waals surface area contributed by atoms with Crippen LogP contribution in [0.15, 0.2) is 244 Å². The van der Waals surface area contributed by atoms with Gasteiger partial charge in [-0.3, -0.25) is 0 Å². The van der Waals surface area contributed by atoms with Crippen molar-refractivity contribution in [3.8, 4) is 51.7 Å². The van der Waals surface area contributed by atoms with Gasteiger partial charge in [0.15, 0.2) is 0 Å². The van der Waals surface area contributed by atoms with Crippen molar-refractivity contribution in [3.63, 3.8) is 0 Å². The first-order valence-electron chi connectivity index (χ1n) is 39.6. The number of ether oxygens (including phenoxy) is 9. The van der Waals surface area contributed by atoms with Crippen molar-refractivity contribution in [1.29, 1.82) is 0 Å². The molecule has 0 amide bonds. The third kappa shape index (κ3) is 30.5. The molecule has 0 aliphatic heterocycles. The standard InChI is InChI=1S/C95H112N6O9/c1-6-75-70-94(109-67-39-24-18-12-9-15-21-36-64-106-88-59-53-85(54-60-88)100-97-82-43-31-27-32-44-82)79(71-90(75)102-3)49-48-78-74-95(110-68-40-25-19-13-10-16-22-37-65-107-89-61-55-86(56-62-89)101-98-83-45-33-28-34-46-83)80(72-92(78)104-5)50-47-77-73-93(76(7-2)69-91(77)103-4)108-66-38-23-17-11-8-14-20-35-63-105-87-57-51-84(52-58-87)99-96-81-41-29-26-30-42-81/h6-7,26-34,41-62,69-74H,1-2,8-25,35-40,63-68H2,3-5H3/b49-48+,50-47+,99-96?,100-97?,101-98?. The first-order chi connectivity index (χ1) is 54.4. The van der Waals surface area contributed by atoms with Crippen LogP contribution in [0.3, 0.4) is 0 Å². The predicted molar refractivity (Wildman–Crippen MR) is 452 cm³/mol. The summed E-state index contributed by atoms with van der Waals surface area (Å²) >= 11 is 0. The molecule has 0 unspecified atom stereocenters. The Balaban J connectivity index is 0.745. The second kappa shape index (κ2) is 49.8. The number of hydrogen-bond acceptors (Lipinski definition) is 15. The topological polar surface area (TPSA) is 157 Å². The number of methoxy groups -OCH3 is 3. The predicted octanol–water partition coefficient (Wildman–Crippen LogP) is 28.3. The van der Waals surface area contributed by atoms with Gasteiger partial charge in [0.05, 0.1) is 95.1 Å². The van der Waals surface area contributed by atoms with Gasteiger partial charge in [-0.1, -0.05) is 220 Å². The minimum Gasteiger partial charge on any atom is -0.496 e. The number of benzene rings is 9. The molecule has 15 heteroatoms. The van der Waals surface area contributed by atoms with E-state index >= 15 is 0 Å². The van der Waals surface area contributed by atoms with Gasteiger partial charge in [0, 0.05) is 33.4 Å². The molecule has 0 radical (unpaired) electrons. The molecule has 9 aromatic rings. The maximum atomic E-state index is 6.77. The summed E-state index contributed by atoms with van der Waals surface area (Å²) < 4.78 is 55.9. The van der Waals surface area contributed by atoms with Gasteiger partial charge in [-0.25, -0.2) is 0 Å². The third-order valence-corrected chi connectivity index (χ3v) is 18.7. The lowest BCUT2D eigenvalue weighted by atomic mass is 10.0. The van der Waals surface area contributed by atoms with Gasteiger partial charge in [-0.15, -0.1) is 0 Å². The number of rotatable bonds is 54. The summed E-state index contributed by atoms with van der Waals surface area (Å²) in [4.78, 5) is 0. The van der Waals surface area contributed by atoms with Crippen LogP contribution in [0.4, 0.5) is 34.1 Å². The molecule has 0 atom stereocenters. The molecular weight excluding hydrogens is 1370 g/mol. The number of unbranched alkanes of at least 4 members (excludes halogenated alkanes) is 21. The van der Waals surface area contributed by atoms with E-state index in [1.54, 1.807) is 27.4 Å². The van der Waals surface area contributed by atoms with Gasteiger partial charge >= 0.3 is 0 Å². The van der Waals surface area contributed by atoms with Crippen LogP contribution in [0.1, 0.15) is 187 Å². The maximum Gasteiger partial charge on any atom is 0.127 e. The molecular formula is C95H112N6O9. The summed E-state index contributed by atoms with van der Waals surface area (Å²) in [6.45, 7) is 12.1. The van der Waals surface area contributed by atoms with Crippen LogP contribution in [0.2, 0.25) is 0 Å². The van der Waals surface area contributed by atoms with Crippen molar-refractivity contribution in [3.05, 3.63) is 247 Å². The molecule has 0 bridgehead atoms. The Morgan fingerprint density at radius 3 is 0.673 bits per heavy atom. The smallest absolute Gasteiger partial charge is 0.127 e. The molecule has 0 aliphatic rings. The van der Waals surface area contributed by atoms with E-state index in [9.17, 15) is 0 Å². The summed E-state index contributed by atoms with van der Waals surface area (Å²) in [6.07, 6.45) is 38.7. The van der Waals surface area contributed by atoms with Crippen molar-refractivity contribution >= 4 is 70.6 Å². The average Bonchev–Trinajstić information content (AvgIpc) is 0.817. The number of azo groups is 3. The lowest BCUT2D eigenvalue weighted by Gasteiger charge is -2.16.